The van der Waals surface area contributed by atoms with E-state index >= 15 is 0 Å². The number of hydrogen-bond donors (Lipinski definition) is 0. The maximum atomic E-state index is 13.2. The second kappa shape index (κ2) is 5.00. The third kappa shape index (κ3) is 2.75. The molecular formula is C12H13ClF2O2. The summed E-state index contributed by atoms with van der Waals surface area (Å²) in [7, 11) is 1.21. The topological polar surface area (TPSA) is 26.3 Å². The summed E-state index contributed by atoms with van der Waals surface area (Å²) in [6.45, 7) is 3.27. The Kier molecular flexibility index (Phi) is 4.09. The molecule has 0 spiro atoms. The molecule has 1 aromatic rings. The van der Waals surface area contributed by atoms with E-state index in [1.807, 2.05) is 0 Å². The number of Topliss-reactive ketones (excluding diaryl/α,β-unsaturated/α-hetero) is 1. The van der Waals surface area contributed by atoms with Crippen molar-refractivity contribution in [3.05, 3.63) is 29.3 Å². The molecule has 0 N–H and O–H groups in total. The average Bonchev–Trinajstić information content (AvgIpc) is 2.31. The normalized spacial score (nSPS) is 11.4. The molecule has 1 aromatic carbocycles. The third-order valence-corrected chi connectivity index (χ3v) is 3.09. The van der Waals surface area contributed by atoms with E-state index in [0.29, 0.717) is 0 Å². The van der Waals surface area contributed by atoms with E-state index in [0.717, 1.165) is 6.07 Å². The molecule has 0 radical (unpaired) electrons. The number of ether oxygens (including phenoxy) is 1. The molecule has 0 fully saturated rings. The van der Waals surface area contributed by atoms with Gasteiger partial charge in [0.15, 0.2) is 17.3 Å². The van der Waals surface area contributed by atoms with E-state index < -0.39 is 17.0 Å². The first-order chi connectivity index (χ1) is 7.83. The van der Waals surface area contributed by atoms with Gasteiger partial charge in [-0.05, 0) is 12.1 Å². The van der Waals surface area contributed by atoms with Crippen LogP contribution in [0.25, 0.3) is 0 Å². The minimum absolute atomic E-state index is 0.0476. The lowest BCUT2D eigenvalue weighted by Gasteiger charge is -2.20. The first-order valence-corrected chi connectivity index (χ1v) is 5.50. The summed E-state index contributed by atoms with van der Waals surface area (Å²) < 4.78 is 31.1. The van der Waals surface area contributed by atoms with Gasteiger partial charge in [-0.25, -0.2) is 4.39 Å². The molecule has 17 heavy (non-hydrogen) atoms. The van der Waals surface area contributed by atoms with E-state index in [2.05, 4.69) is 4.74 Å². The average molecular weight is 263 g/mol. The fourth-order valence-corrected chi connectivity index (χ4v) is 1.42. The predicted molar refractivity (Wildman–Crippen MR) is 61.7 cm³/mol. The summed E-state index contributed by atoms with van der Waals surface area (Å²) in [5.41, 5.74) is -0.789. The van der Waals surface area contributed by atoms with Gasteiger partial charge in [-0.1, -0.05) is 13.8 Å². The van der Waals surface area contributed by atoms with Crippen LogP contribution in [0, 0.1) is 17.0 Å². The first-order valence-electron chi connectivity index (χ1n) is 4.97. The van der Waals surface area contributed by atoms with Crippen molar-refractivity contribution >= 4 is 17.4 Å². The molecule has 0 saturated carbocycles. The summed E-state index contributed by atoms with van der Waals surface area (Å²) in [6.07, 6.45) is 0. The van der Waals surface area contributed by atoms with Crippen LogP contribution in [0.1, 0.15) is 24.2 Å². The predicted octanol–water partition coefficient (Wildman–Crippen LogP) is 3.42. The Balaban J connectivity index is 3.25. The van der Waals surface area contributed by atoms with Gasteiger partial charge in [0.25, 0.3) is 0 Å². The van der Waals surface area contributed by atoms with Crippen LogP contribution in [0.5, 0.6) is 5.75 Å². The largest absolute Gasteiger partial charge is 0.494 e. The van der Waals surface area contributed by atoms with Gasteiger partial charge < -0.3 is 4.74 Å². The molecule has 0 aliphatic heterocycles. The summed E-state index contributed by atoms with van der Waals surface area (Å²) >= 11 is 5.66. The smallest absolute Gasteiger partial charge is 0.200 e. The van der Waals surface area contributed by atoms with Crippen LogP contribution < -0.4 is 4.74 Å². The number of carbonyl (C=O) groups is 1. The Morgan fingerprint density at radius 3 is 2.47 bits per heavy atom. The lowest BCUT2D eigenvalue weighted by molar-refractivity contribution is 0.0861. The Morgan fingerprint density at radius 1 is 1.41 bits per heavy atom. The zero-order valence-corrected chi connectivity index (χ0v) is 10.6. The summed E-state index contributed by atoms with van der Waals surface area (Å²) in [6, 6.07) is 2.03. The Hall–Kier alpha value is -1.16. The van der Waals surface area contributed by atoms with Gasteiger partial charge in [-0.2, -0.15) is 4.39 Å². The highest BCUT2D eigenvalue weighted by molar-refractivity contribution is 6.21. The van der Waals surface area contributed by atoms with Crippen molar-refractivity contribution in [1.82, 2.24) is 0 Å². The van der Waals surface area contributed by atoms with Crippen molar-refractivity contribution in [2.75, 3.05) is 13.0 Å². The molecule has 0 aliphatic rings. The molecule has 5 heteroatoms. The lowest BCUT2D eigenvalue weighted by atomic mass is 9.86. The molecule has 94 valence electrons. The number of hydrogen-bond acceptors (Lipinski definition) is 2. The van der Waals surface area contributed by atoms with Gasteiger partial charge in [0.05, 0.1) is 7.11 Å². The van der Waals surface area contributed by atoms with Crippen molar-refractivity contribution in [3.8, 4) is 5.75 Å². The van der Waals surface area contributed by atoms with E-state index in [1.165, 1.54) is 13.2 Å². The molecule has 0 aromatic heterocycles. The molecule has 0 atom stereocenters. The Morgan fingerprint density at radius 2 is 2.00 bits per heavy atom. The van der Waals surface area contributed by atoms with Crippen LogP contribution >= 0.6 is 11.6 Å². The number of alkyl halides is 1. The van der Waals surface area contributed by atoms with Gasteiger partial charge in [0.1, 0.15) is 0 Å². The molecule has 0 saturated heterocycles. The number of rotatable bonds is 4. The molecule has 0 unspecified atom stereocenters. The number of halogens is 3. The number of ketones is 1. The maximum Gasteiger partial charge on any atom is 0.200 e. The minimum Gasteiger partial charge on any atom is -0.494 e. The van der Waals surface area contributed by atoms with Gasteiger partial charge in [0, 0.05) is 16.9 Å². The number of methoxy groups -OCH3 is 1. The summed E-state index contributed by atoms with van der Waals surface area (Å²) in [5.74, 6) is -2.78. The van der Waals surface area contributed by atoms with Gasteiger partial charge in [-0.3, -0.25) is 4.79 Å². The van der Waals surface area contributed by atoms with Crippen molar-refractivity contribution < 1.29 is 18.3 Å². The fourth-order valence-electron chi connectivity index (χ4n) is 1.29. The third-order valence-electron chi connectivity index (χ3n) is 2.43. The highest BCUT2D eigenvalue weighted by Gasteiger charge is 2.29. The molecule has 0 amide bonds. The molecule has 2 nitrogen and oxygen atoms in total. The van der Waals surface area contributed by atoms with Gasteiger partial charge >= 0.3 is 0 Å². The van der Waals surface area contributed by atoms with Crippen LogP contribution in [-0.2, 0) is 0 Å². The monoisotopic (exact) mass is 262 g/mol. The van der Waals surface area contributed by atoms with Crippen molar-refractivity contribution in [1.29, 1.82) is 0 Å². The highest BCUT2D eigenvalue weighted by Crippen LogP contribution is 2.28. The Bertz CT molecular complexity index is 444. The van der Waals surface area contributed by atoms with E-state index in [9.17, 15) is 13.6 Å². The molecular weight excluding hydrogens is 250 g/mol. The first kappa shape index (κ1) is 13.9. The fraction of sp³-hybridized carbons (Fsp3) is 0.417. The van der Waals surface area contributed by atoms with Crippen molar-refractivity contribution in [2.24, 2.45) is 5.41 Å². The Labute approximate surface area is 104 Å². The van der Waals surface area contributed by atoms with Crippen LogP contribution in [0.2, 0.25) is 0 Å². The quantitative estimate of drug-likeness (QED) is 0.614. The van der Waals surface area contributed by atoms with E-state index in [4.69, 9.17) is 11.6 Å². The number of carbonyl (C=O) groups excluding carboxylic acids is 1. The molecule has 0 bridgehead atoms. The van der Waals surface area contributed by atoms with E-state index in [1.54, 1.807) is 13.8 Å². The van der Waals surface area contributed by atoms with Crippen molar-refractivity contribution in [2.45, 2.75) is 13.8 Å². The molecule has 0 heterocycles. The summed E-state index contributed by atoms with van der Waals surface area (Å²) in [5, 5.41) is 0. The molecule has 1 rings (SSSR count). The van der Waals surface area contributed by atoms with E-state index in [-0.39, 0.29) is 23.0 Å². The van der Waals surface area contributed by atoms with Crippen LogP contribution in [-0.4, -0.2) is 18.8 Å². The zero-order chi connectivity index (χ0) is 13.2. The lowest BCUT2D eigenvalue weighted by Crippen LogP contribution is -2.26. The standard InChI is InChI=1S/C12H13ClF2O2/c1-12(2,6-13)11(16)7-4-8(14)10(15)9(5-7)17-3/h4-5H,6H2,1-3H3. The minimum atomic E-state index is -1.11. The van der Waals surface area contributed by atoms with Gasteiger partial charge in [-0.15, -0.1) is 11.6 Å². The highest BCUT2D eigenvalue weighted by atomic mass is 35.5. The second-order valence-electron chi connectivity index (χ2n) is 4.32. The summed E-state index contributed by atoms with van der Waals surface area (Å²) in [4.78, 5) is 12.0. The SMILES string of the molecule is COc1cc(C(=O)C(C)(C)CCl)cc(F)c1F. The molecule has 0 aliphatic carbocycles. The van der Waals surface area contributed by atoms with Gasteiger partial charge in [0.2, 0.25) is 5.82 Å². The zero-order valence-electron chi connectivity index (χ0n) is 9.81. The van der Waals surface area contributed by atoms with Crippen LogP contribution in [0.4, 0.5) is 8.78 Å². The van der Waals surface area contributed by atoms with Crippen molar-refractivity contribution in [3.63, 3.8) is 0 Å². The number of benzene rings is 1. The second-order valence-corrected chi connectivity index (χ2v) is 4.59. The maximum absolute atomic E-state index is 13.2. The van der Waals surface area contributed by atoms with Crippen LogP contribution in [0.15, 0.2) is 12.1 Å². The van der Waals surface area contributed by atoms with Crippen LogP contribution in [0.3, 0.4) is 0 Å².